The molecule has 2 rings (SSSR count). The summed E-state index contributed by atoms with van der Waals surface area (Å²) in [6.07, 6.45) is 0.466. The number of hydrogen-bond donors (Lipinski definition) is 2. The molecule has 0 aliphatic carbocycles. The fraction of sp³-hybridized carbons (Fsp3) is 0.238. The van der Waals surface area contributed by atoms with Crippen molar-refractivity contribution < 1.29 is 19.8 Å². The molecule has 2 N–H and O–H groups in total. The van der Waals surface area contributed by atoms with E-state index in [4.69, 9.17) is 10.2 Å². The first kappa shape index (κ1) is 18.5. The van der Waals surface area contributed by atoms with Gasteiger partial charge in [0.1, 0.15) is 0 Å². The molecule has 4 nitrogen and oxygen atoms in total. The number of hydrogen-bond acceptors (Lipinski definition) is 2. The quantitative estimate of drug-likeness (QED) is 0.695. The maximum atomic E-state index is 11.0. The van der Waals surface area contributed by atoms with Gasteiger partial charge in [0.2, 0.25) is 0 Å². The number of aliphatic carboxylic acids is 2. The molecule has 0 unspecified atom stereocenters. The van der Waals surface area contributed by atoms with Crippen molar-refractivity contribution in [2.45, 2.75) is 32.1 Å². The van der Waals surface area contributed by atoms with E-state index in [1.54, 1.807) is 0 Å². The molecule has 25 heavy (non-hydrogen) atoms. The van der Waals surface area contributed by atoms with Gasteiger partial charge in [0, 0.05) is 5.92 Å². The molecule has 4 heteroatoms. The highest BCUT2D eigenvalue weighted by molar-refractivity contribution is 5.73. The van der Waals surface area contributed by atoms with Crippen LogP contribution in [0.3, 0.4) is 0 Å². The van der Waals surface area contributed by atoms with Crippen molar-refractivity contribution in [2.75, 3.05) is 0 Å². The van der Waals surface area contributed by atoms with E-state index in [1.165, 1.54) is 5.56 Å². The van der Waals surface area contributed by atoms with Gasteiger partial charge in [-0.15, -0.1) is 0 Å². The van der Waals surface area contributed by atoms with Crippen LogP contribution in [0.25, 0.3) is 11.1 Å². The molecule has 130 valence electrons. The lowest BCUT2D eigenvalue weighted by Gasteiger charge is -2.14. The molecule has 0 radical (unpaired) electrons. The third kappa shape index (κ3) is 5.60. The van der Waals surface area contributed by atoms with Crippen molar-refractivity contribution >= 4 is 11.9 Å². The first-order chi connectivity index (χ1) is 11.8. The summed E-state index contributed by atoms with van der Waals surface area (Å²) >= 11 is 0. The van der Waals surface area contributed by atoms with E-state index in [0.717, 1.165) is 28.7 Å². The summed E-state index contributed by atoms with van der Waals surface area (Å²) in [4.78, 5) is 21.9. The number of benzene rings is 2. The highest BCUT2D eigenvalue weighted by Crippen LogP contribution is 2.27. The summed E-state index contributed by atoms with van der Waals surface area (Å²) in [6, 6.07) is 15.6. The molecule has 0 amide bonds. The average Bonchev–Trinajstić information content (AvgIpc) is 2.54. The summed E-state index contributed by atoms with van der Waals surface area (Å²) in [5.41, 5.74) is 5.11. The van der Waals surface area contributed by atoms with Crippen molar-refractivity contribution in [3.05, 3.63) is 71.8 Å². The monoisotopic (exact) mass is 338 g/mol. The molecular weight excluding hydrogens is 316 g/mol. The minimum atomic E-state index is -0.997. The Labute approximate surface area is 147 Å². The van der Waals surface area contributed by atoms with Crippen LogP contribution in [-0.2, 0) is 16.0 Å². The van der Waals surface area contributed by atoms with E-state index >= 15 is 0 Å². The third-order valence-electron chi connectivity index (χ3n) is 4.02. The standard InChI is InChI=1S/C21H22O4/c1-14(2)11-15-3-5-16(6-4-15)17-7-9-18(10-8-17)19(12-20(22)23)13-21(24)25/h3-10,19H,1,11-13H2,2H3,(H,22,23)(H,24,25). The van der Waals surface area contributed by atoms with Crippen LogP contribution in [0.5, 0.6) is 0 Å². The van der Waals surface area contributed by atoms with Crippen LogP contribution < -0.4 is 0 Å². The molecular formula is C21H22O4. The predicted octanol–water partition coefficient (Wildman–Crippen LogP) is 4.51. The molecule has 0 aromatic heterocycles. The number of carboxylic acids is 2. The SMILES string of the molecule is C=C(C)Cc1ccc(-c2ccc(C(CC(=O)O)CC(=O)O)cc2)cc1. The van der Waals surface area contributed by atoms with Crippen LogP contribution in [0.1, 0.15) is 36.8 Å². The van der Waals surface area contributed by atoms with Crippen molar-refractivity contribution in [3.8, 4) is 11.1 Å². The van der Waals surface area contributed by atoms with Gasteiger partial charge in [0.05, 0.1) is 12.8 Å². The summed E-state index contributed by atoms with van der Waals surface area (Å²) in [5.74, 6) is -2.52. The van der Waals surface area contributed by atoms with Crippen LogP contribution in [0.2, 0.25) is 0 Å². The zero-order valence-electron chi connectivity index (χ0n) is 14.2. The van der Waals surface area contributed by atoms with E-state index in [1.807, 2.05) is 43.3 Å². The fourth-order valence-corrected chi connectivity index (χ4v) is 2.84. The van der Waals surface area contributed by atoms with Gasteiger partial charge in [-0.3, -0.25) is 9.59 Å². The van der Waals surface area contributed by atoms with Crippen molar-refractivity contribution in [1.29, 1.82) is 0 Å². The second-order valence-electron chi connectivity index (χ2n) is 6.35. The van der Waals surface area contributed by atoms with Crippen LogP contribution in [-0.4, -0.2) is 22.2 Å². The molecule has 2 aromatic carbocycles. The second-order valence-corrected chi connectivity index (χ2v) is 6.35. The van der Waals surface area contributed by atoms with E-state index < -0.39 is 17.9 Å². The van der Waals surface area contributed by atoms with Gasteiger partial charge in [0.15, 0.2) is 0 Å². The summed E-state index contributed by atoms with van der Waals surface area (Å²) in [6.45, 7) is 5.91. The lowest BCUT2D eigenvalue weighted by molar-refractivity contribution is -0.139. The molecule has 0 bridgehead atoms. The molecule has 0 saturated carbocycles. The first-order valence-electron chi connectivity index (χ1n) is 8.12. The van der Waals surface area contributed by atoms with Crippen molar-refractivity contribution in [3.63, 3.8) is 0 Å². The zero-order chi connectivity index (χ0) is 18.4. The van der Waals surface area contributed by atoms with E-state index in [0.29, 0.717) is 0 Å². The molecule has 0 atom stereocenters. The second kappa shape index (κ2) is 8.29. The van der Waals surface area contributed by atoms with E-state index in [2.05, 4.69) is 18.7 Å². The minimum absolute atomic E-state index is 0.193. The molecule has 0 heterocycles. The average molecular weight is 338 g/mol. The summed E-state index contributed by atoms with van der Waals surface area (Å²) in [7, 11) is 0. The summed E-state index contributed by atoms with van der Waals surface area (Å²) < 4.78 is 0. The van der Waals surface area contributed by atoms with Crippen LogP contribution in [0.4, 0.5) is 0 Å². The molecule has 0 aliphatic heterocycles. The topological polar surface area (TPSA) is 74.6 Å². The molecule has 0 spiro atoms. The zero-order valence-corrected chi connectivity index (χ0v) is 14.2. The van der Waals surface area contributed by atoms with Gasteiger partial charge in [-0.2, -0.15) is 0 Å². The number of allylic oxidation sites excluding steroid dienone is 1. The maximum Gasteiger partial charge on any atom is 0.303 e. The highest BCUT2D eigenvalue weighted by Gasteiger charge is 2.19. The fourth-order valence-electron chi connectivity index (χ4n) is 2.84. The van der Waals surface area contributed by atoms with Gasteiger partial charge in [-0.05, 0) is 35.6 Å². The van der Waals surface area contributed by atoms with E-state index in [9.17, 15) is 9.59 Å². The van der Waals surface area contributed by atoms with Crippen LogP contribution in [0, 0.1) is 0 Å². The predicted molar refractivity (Wildman–Crippen MR) is 97.6 cm³/mol. The van der Waals surface area contributed by atoms with Gasteiger partial charge >= 0.3 is 11.9 Å². The Morgan fingerprint density at radius 2 is 1.32 bits per heavy atom. The first-order valence-corrected chi connectivity index (χ1v) is 8.12. The number of rotatable bonds is 8. The Balaban J connectivity index is 2.18. The Morgan fingerprint density at radius 3 is 1.72 bits per heavy atom. The Bertz CT molecular complexity index is 741. The lowest BCUT2D eigenvalue weighted by atomic mass is 9.91. The maximum absolute atomic E-state index is 11.0. The third-order valence-corrected chi connectivity index (χ3v) is 4.02. The van der Waals surface area contributed by atoms with Crippen LogP contribution >= 0.6 is 0 Å². The van der Waals surface area contributed by atoms with Crippen molar-refractivity contribution in [2.24, 2.45) is 0 Å². The molecule has 0 fully saturated rings. The number of carbonyl (C=O) groups is 2. The summed E-state index contributed by atoms with van der Waals surface area (Å²) in [5, 5.41) is 18.0. The van der Waals surface area contributed by atoms with Crippen LogP contribution in [0.15, 0.2) is 60.7 Å². The molecule has 2 aromatic rings. The van der Waals surface area contributed by atoms with Crippen molar-refractivity contribution in [1.82, 2.24) is 0 Å². The Hall–Kier alpha value is -2.88. The lowest BCUT2D eigenvalue weighted by Crippen LogP contribution is -2.11. The largest absolute Gasteiger partial charge is 0.481 e. The minimum Gasteiger partial charge on any atom is -0.481 e. The Morgan fingerprint density at radius 1 is 0.880 bits per heavy atom. The smallest absolute Gasteiger partial charge is 0.303 e. The van der Waals surface area contributed by atoms with Gasteiger partial charge in [-0.1, -0.05) is 60.7 Å². The van der Waals surface area contributed by atoms with E-state index in [-0.39, 0.29) is 12.8 Å². The molecule has 0 aliphatic rings. The van der Waals surface area contributed by atoms with Gasteiger partial charge in [0.25, 0.3) is 0 Å². The van der Waals surface area contributed by atoms with Gasteiger partial charge in [-0.25, -0.2) is 0 Å². The Kier molecular flexibility index (Phi) is 6.12. The number of carboxylic acid groups (broad SMARTS) is 2. The normalized spacial score (nSPS) is 10.6. The van der Waals surface area contributed by atoms with Gasteiger partial charge < -0.3 is 10.2 Å². The molecule has 0 saturated heterocycles. The highest BCUT2D eigenvalue weighted by atomic mass is 16.4.